The van der Waals surface area contributed by atoms with E-state index in [4.69, 9.17) is 16.3 Å². The van der Waals surface area contributed by atoms with E-state index in [2.05, 4.69) is 5.32 Å². The minimum Gasteiger partial charge on any atom is -0.495 e. The second-order valence-electron chi connectivity index (χ2n) is 5.32. The van der Waals surface area contributed by atoms with Crippen molar-refractivity contribution in [2.75, 3.05) is 32.6 Å². The van der Waals surface area contributed by atoms with Gasteiger partial charge in [-0.3, -0.25) is 14.5 Å². The highest BCUT2D eigenvalue weighted by molar-refractivity contribution is 6.31. The van der Waals surface area contributed by atoms with E-state index in [-0.39, 0.29) is 6.54 Å². The fourth-order valence-electron chi connectivity index (χ4n) is 1.87. The third-order valence-corrected chi connectivity index (χ3v) is 3.57. The zero-order valence-electron chi connectivity index (χ0n) is 13.9. The molecule has 0 bridgehead atoms. The Bertz CT molecular complexity index is 626. The van der Waals surface area contributed by atoms with Crippen LogP contribution in [0.4, 0.5) is 18.9 Å². The molecule has 2 amide bonds. The van der Waals surface area contributed by atoms with Crippen LogP contribution in [0.15, 0.2) is 18.2 Å². The molecular formula is C15H19ClF3N3O3. The van der Waals surface area contributed by atoms with Crippen LogP contribution in [0, 0.1) is 0 Å². The van der Waals surface area contributed by atoms with Crippen LogP contribution in [0.5, 0.6) is 5.75 Å². The molecule has 0 spiro atoms. The van der Waals surface area contributed by atoms with Crippen LogP contribution < -0.4 is 15.4 Å². The van der Waals surface area contributed by atoms with Crippen molar-refractivity contribution in [1.82, 2.24) is 10.2 Å². The Morgan fingerprint density at radius 1 is 1.36 bits per heavy atom. The number of carbonyl (C=O) groups excluding carboxylic acids is 2. The highest BCUT2D eigenvalue weighted by Gasteiger charge is 2.29. The zero-order valence-corrected chi connectivity index (χ0v) is 14.7. The SMILES string of the molecule is COc1ccc(Cl)cc1NC(=O)CN(C)C(C)C(=O)NCC(F)(F)F. The normalized spacial score (nSPS) is 12.6. The van der Waals surface area contributed by atoms with E-state index >= 15 is 0 Å². The molecule has 1 aromatic carbocycles. The molecule has 0 fully saturated rings. The van der Waals surface area contributed by atoms with E-state index < -0.39 is 30.6 Å². The molecule has 1 rings (SSSR count). The Kier molecular flexibility index (Phi) is 7.50. The minimum absolute atomic E-state index is 0.212. The Morgan fingerprint density at radius 3 is 2.56 bits per heavy atom. The summed E-state index contributed by atoms with van der Waals surface area (Å²) >= 11 is 5.86. The Morgan fingerprint density at radius 2 is 2.00 bits per heavy atom. The summed E-state index contributed by atoms with van der Waals surface area (Å²) in [5, 5.41) is 4.75. The molecule has 6 nitrogen and oxygen atoms in total. The number of alkyl halides is 3. The number of nitrogens with one attached hydrogen (secondary N) is 2. The lowest BCUT2D eigenvalue weighted by molar-refractivity contribution is -0.141. The summed E-state index contributed by atoms with van der Waals surface area (Å²) in [7, 11) is 2.88. The first kappa shape index (κ1) is 21.0. The van der Waals surface area contributed by atoms with Crippen LogP contribution in [0.1, 0.15) is 6.92 Å². The number of carbonyl (C=O) groups is 2. The summed E-state index contributed by atoms with van der Waals surface area (Å²) in [6, 6.07) is 3.75. The van der Waals surface area contributed by atoms with Gasteiger partial charge in [0.25, 0.3) is 0 Å². The molecule has 1 aromatic rings. The van der Waals surface area contributed by atoms with Gasteiger partial charge in [-0.25, -0.2) is 0 Å². The number of anilines is 1. The monoisotopic (exact) mass is 381 g/mol. The van der Waals surface area contributed by atoms with Gasteiger partial charge in [-0.15, -0.1) is 0 Å². The van der Waals surface area contributed by atoms with E-state index in [1.165, 1.54) is 32.0 Å². The predicted octanol–water partition coefficient (Wildman–Crippen LogP) is 2.29. The number of halogens is 4. The van der Waals surface area contributed by atoms with Crippen molar-refractivity contribution < 1.29 is 27.5 Å². The van der Waals surface area contributed by atoms with E-state index in [0.29, 0.717) is 16.5 Å². The Labute approximate surface area is 148 Å². The third-order valence-electron chi connectivity index (χ3n) is 3.33. The van der Waals surface area contributed by atoms with Gasteiger partial charge in [0, 0.05) is 5.02 Å². The highest BCUT2D eigenvalue weighted by atomic mass is 35.5. The molecule has 10 heteroatoms. The highest BCUT2D eigenvalue weighted by Crippen LogP contribution is 2.27. The quantitative estimate of drug-likeness (QED) is 0.760. The summed E-state index contributed by atoms with van der Waals surface area (Å²) in [5.41, 5.74) is 0.350. The number of amides is 2. The lowest BCUT2D eigenvalue weighted by Gasteiger charge is -2.23. The van der Waals surface area contributed by atoms with Gasteiger partial charge in [0.1, 0.15) is 12.3 Å². The van der Waals surface area contributed by atoms with Crippen LogP contribution in [0.3, 0.4) is 0 Å². The van der Waals surface area contributed by atoms with E-state index in [1.54, 1.807) is 17.4 Å². The standard InChI is InChI=1S/C15H19ClF3N3O3/c1-9(14(24)20-8-15(17,18)19)22(2)7-13(23)21-11-6-10(16)4-5-12(11)25-3/h4-6,9H,7-8H2,1-3H3,(H,20,24)(H,21,23). The lowest BCUT2D eigenvalue weighted by Crippen LogP contribution is -2.47. The van der Waals surface area contributed by atoms with Crippen molar-refractivity contribution in [3.8, 4) is 5.75 Å². The molecule has 2 N–H and O–H groups in total. The first-order valence-electron chi connectivity index (χ1n) is 7.21. The molecule has 0 saturated carbocycles. The number of hydrogen-bond acceptors (Lipinski definition) is 4. The van der Waals surface area contributed by atoms with Gasteiger partial charge in [0.2, 0.25) is 11.8 Å². The first-order chi connectivity index (χ1) is 11.5. The number of ether oxygens (including phenoxy) is 1. The van der Waals surface area contributed by atoms with Crippen LogP contribution in [0.25, 0.3) is 0 Å². The summed E-state index contributed by atoms with van der Waals surface area (Å²) < 4.78 is 41.5. The molecule has 1 unspecified atom stereocenters. The number of methoxy groups -OCH3 is 1. The Hall–Kier alpha value is -2.00. The number of nitrogens with zero attached hydrogens (tertiary/aromatic N) is 1. The minimum atomic E-state index is -4.49. The molecule has 0 radical (unpaired) electrons. The molecule has 0 aliphatic rings. The van der Waals surface area contributed by atoms with Crippen LogP contribution >= 0.6 is 11.6 Å². The number of hydrogen-bond donors (Lipinski definition) is 2. The van der Waals surface area contributed by atoms with Crippen molar-refractivity contribution in [2.24, 2.45) is 0 Å². The van der Waals surface area contributed by atoms with Crippen molar-refractivity contribution in [3.05, 3.63) is 23.2 Å². The molecule has 0 aromatic heterocycles. The van der Waals surface area contributed by atoms with Crippen molar-refractivity contribution in [2.45, 2.75) is 19.1 Å². The van der Waals surface area contributed by atoms with Crippen LogP contribution in [0.2, 0.25) is 5.02 Å². The van der Waals surface area contributed by atoms with Crippen LogP contribution in [-0.2, 0) is 9.59 Å². The summed E-state index contributed by atoms with van der Waals surface area (Å²) in [5.74, 6) is -0.900. The smallest absolute Gasteiger partial charge is 0.405 e. The first-order valence-corrected chi connectivity index (χ1v) is 7.59. The average Bonchev–Trinajstić information content (AvgIpc) is 2.51. The van der Waals surface area contributed by atoms with Gasteiger partial charge in [-0.1, -0.05) is 11.6 Å². The second-order valence-corrected chi connectivity index (χ2v) is 5.75. The fraction of sp³-hybridized carbons (Fsp3) is 0.467. The van der Waals surface area contributed by atoms with Gasteiger partial charge in [0.15, 0.2) is 0 Å². The summed E-state index contributed by atoms with van der Waals surface area (Å²) in [6.07, 6.45) is -4.49. The van der Waals surface area contributed by atoms with E-state index in [1.807, 2.05) is 0 Å². The summed E-state index contributed by atoms with van der Waals surface area (Å²) in [4.78, 5) is 25.1. The van der Waals surface area contributed by atoms with E-state index in [0.717, 1.165) is 0 Å². The molecular weight excluding hydrogens is 363 g/mol. The topological polar surface area (TPSA) is 70.7 Å². The average molecular weight is 382 g/mol. The molecule has 0 heterocycles. The van der Waals surface area contributed by atoms with E-state index in [9.17, 15) is 22.8 Å². The van der Waals surface area contributed by atoms with Gasteiger partial charge < -0.3 is 15.4 Å². The van der Waals surface area contributed by atoms with Crippen LogP contribution in [-0.4, -0.2) is 56.2 Å². The third kappa shape index (κ3) is 7.18. The maximum absolute atomic E-state index is 12.1. The largest absolute Gasteiger partial charge is 0.495 e. The summed E-state index contributed by atoms with van der Waals surface area (Å²) in [6.45, 7) is -0.231. The number of likely N-dealkylation sites (N-methyl/N-ethyl adjacent to an activating group) is 1. The van der Waals surface area contributed by atoms with Gasteiger partial charge >= 0.3 is 6.18 Å². The van der Waals surface area contributed by atoms with Gasteiger partial charge in [0.05, 0.1) is 25.4 Å². The lowest BCUT2D eigenvalue weighted by atomic mass is 10.2. The molecule has 1 atom stereocenters. The molecule has 0 aliphatic heterocycles. The Balaban J connectivity index is 2.61. The molecule has 0 aliphatic carbocycles. The van der Waals surface area contributed by atoms with Crippen molar-refractivity contribution in [1.29, 1.82) is 0 Å². The molecule has 0 saturated heterocycles. The molecule has 140 valence electrons. The second kappa shape index (κ2) is 8.91. The predicted molar refractivity (Wildman–Crippen MR) is 87.8 cm³/mol. The maximum Gasteiger partial charge on any atom is 0.405 e. The number of rotatable bonds is 7. The zero-order chi connectivity index (χ0) is 19.2. The number of benzene rings is 1. The van der Waals surface area contributed by atoms with Crippen molar-refractivity contribution in [3.63, 3.8) is 0 Å². The maximum atomic E-state index is 12.1. The van der Waals surface area contributed by atoms with Gasteiger partial charge in [-0.05, 0) is 32.2 Å². The fourth-order valence-corrected chi connectivity index (χ4v) is 2.04. The van der Waals surface area contributed by atoms with Gasteiger partial charge in [-0.2, -0.15) is 13.2 Å². The van der Waals surface area contributed by atoms with Crippen molar-refractivity contribution >= 4 is 29.1 Å². The molecule has 25 heavy (non-hydrogen) atoms.